The van der Waals surface area contributed by atoms with Gasteiger partial charge in [0, 0.05) is 26.2 Å². The van der Waals surface area contributed by atoms with Crippen molar-refractivity contribution in [3.05, 3.63) is 51.7 Å². The van der Waals surface area contributed by atoms with E-state index < -0.39 is 10.0 Å². The summed E-state index contributed by atoms with van der Waals surface area (Å²) in [5.41, 5.74) is 2.18. The Morgan fingerprint density at radius 2 is 1.70 bits per heavy atom. The fourth-order valence-electron chi connectivity index (χ4n) is 3.25. The maximum atomic E-state index is 12.9. The van der Waals surface area contributed by atoms with Crippen LogP contribution in [0.1, 0.15) is 47.5 Å². The Bertz CT molecular complexity index is 894. The van der Waals surface area contributed by atoms with Crippen LogP contribution in [0.5, 0.6) is 0 Å². The van der Waals surface area contributed by atoms with E-state index >= 15 is 0 Å². The largest absolute Gasteiger partial charge is 0.335 e. The molecule has 1 aromatic heterocycles. The van der Waals surface area contributed by atoms with E-state index in [1.54, 1.807) is 17.0 Å². The molecule has 0 saturated carbocycles. The number of sulfonamides is 1. The second kappa shape index (κ2) is 8.12. The molecule has 27 heavy (non-hydrogen) atoms. The van der Waals surface area contributed by atoms with Crippen LogP contribution in [-0.4, -0.2) is 49.7 Å². The molecule has 1 aromatic carbocycles. The van der Waals surface area contributed by atoms with Gasteiger partial charge in [-0.2, -0.15) is 4.31 Å². The van der Waals surface area contributed by atoms with Crippen molar-refractivity contribution in [1.29, 1.82) is 0 Å². The summed E-state index contributed by atoms with van der Waals surface area (Å²) in [6.45, 7) is 7.69. The van der Waals surface area contributed by atoms with Gasteiger partial charge in [-0.15, -0.1) is 11.3 Å². The van der Waals surface area contributed by atoms with Crippen molar-refractivity contribution in [3.8, 4) is 0 Å². The van der Waals surface area contributed by atoms with Gasteiger partial charge in [0.1, 0.15) is 0 Å². The standard InChI is InChI=1S/C20H26N2O3S2/c1-4-16-9-14-26-19(16)20(23)21-10-12-22(13-11-21)27(24,25)18-7-5-17(6-8-18)15(2)3/h5-9,14-15H,4,10-13H2,1-3H3. The van der Waals surface area contributed by atoms with Gasteiger partial charge in [-0.25, -0.2) is 8.42 Å². The first-order chi connectivity index (χ1) is 12.8. The third-order valence-corrected chi connectivity index (χ3v) is 7.89. The number of thiophene rings is 1. The third-order valence-electron chi connectivity index (χ3n) is 5.03. The summed E-state index contributed by atoms with van der Waals surface area (Å²) in [4.78, 5) is 15.6. The minimum Gasteiger partial charge on any atom is -0.335 e. The quantitative estimate of drug-likeness (QED) is 0.763. The molecule has 0 aliphatic carbocycles. The smallest absolute Gasteiger partial charge is 0.264 e. The van der Waals surface area contributed by atoms with Crippen molar-refractivity contribution in [1.82, 2.24) is 9.21 Å². The van der Waals surface area contributed by atoms with Crippen molar-refractivity contribution in [2.45, 2.75) is 38.0 Å². The number of aryl methyl sites for hydroxylation is 1. The van der Waals surface area contributed by atoms with Gasteiger partial charge in [0.15, 0.2) is 0 Å². The Balaban J connectivity index is 1.68. The minimum atomic E-state index is -3.52. The first-order valence-corrected chi connectivity index (χ1v) is 11.6. The van der Waals surface area contributed by atoms with Crippen LogP contribution in [0, 0.1) is 0 Å². The molecule has 1 amide bonds. The molecule has 2 heterocycles. The van der Waals surface area contributed by atoms with Gasteiger partial charge < -0.3 is 4.90 Å². The molecule has 0 spiro atoms. The lowest BCUT2D eigenvalue weighted by Gasteiger charge is -2.34. The number of piperazine rings is 1. The van der Waals surface area contributed by atoms with Gasteiger partial charge in [0.2, 0.25) is 10.0 Å². The Kier molecular flexibility index (Phi) is 6.03. The van der Waals surface area contributed by atoms with Crippen LogP contribution >= 0.6 is 11.3 Å². The molecule has 1 aliphatic heterocycles. The highest BCUT2D eigenvalue weighted by molar-refractivity contribution is 7.89. The molecular formula is C20H26N2O3S2. The second-order valence-corrected chi connectivity index (χ2v) is 9.90. The Morgan fingerprint density at radius 3 is 2.26 bits per heavy atom. The number of carbonyl (C=O) groups is 1. The van der Waals surface area contributed by atoms with Gasteiger partial charge in [0.05, 0.1) is 9.77 Å². The Labute approximate surface area is 165 Å². The van der Waals surface area contributed by atoms with E-state index in [1.165, 1.54) is 15.6 Å². The molecule has 0 unspecified atom stereocenters. The fraction of sp³-hybridized carbons (Fsp3) is 0.450. The van der Waals surface area contributed by atoms with Gasteiger partial charge in [0.25, 0.3) is 5.91 Å². The van der Waals surface area contributed by atoms with Crippen LogP contribution < -0.4 is 0 Å². The van der Waals surface area contributed by atoms with Crippen LogP contribution in [0.3, 0.4) is 0 Å². The molecule has 5 nitrogen and oxygen atoms in total. The van der Waals surface area contributed by atoms with Crippen LogP contribution in [0.4, 0.5) is 0 Å². The summed E-state index contributed by atoms with van der Waals surface area (Å²) in [5, 5.41) is 1.94. The monoisotopic (exact) mass is 406 g/mol. The third kappa shape index (κ3) is 4.10. The number of amides is 1. The number of benzene rings is 1. The van der Waals surface area contributed by atoms with Gasteiger partial charge in [-0.1, -0.05) is 32.9 Å². The average Bonchev–Trinajstić information content (AvgIpc) is 3.16. The first kappa shape index (κ1) is 20.0. The molecule has 2 aromatic rings. The molecule has 7 heteroatoms. The SMILES string of the molecule is CCc1ccsc1C(=O)N1CCN(S(=O)(=O)c2ccc(C(C)C)cc2)CC1. The number of hydrogen-bond donors (Lipinski definition) is 0. The van der Waals surface area contributed by atoms with E-state index in [4.69, 9.17) is 0 Å². The first-order valence-electron chi connectivity index (χ1n) is 9.30. The second-order valence-electron chi connectivity index (χ2n) is 7.05. The van der Waals surface area contributed by atoms with Crippen LogP contribution in [0.15, 0.2) is 40.6 Å². The molecule has 1 saturated heterocycles. The lowest BCUT2D eigenvalue weighted by Crippen LogP contribution is -2.50. The van der Waals surface area contributed by atoms with Crippen LogP contribution in [-0.2, 0) is 16.4 Å². The summed E-state index contributed by atoms with van der Waals surface area (Å²) < 4.78 is 27.3. The minimum absolute atomic E-state index is 0.0141. The highest BCUT2D eigenvalue weighted by Crippen LogP contribution is 2.23. The highest BCUT2D eigenvalue weighted by Gasteiger charge is 2.31. The van der Waals surface area contributed by atoms with Gasteiger partial charge >= 0.3 is 0 Å². The number of carbonyl (C=O) groups excluding carboxylic acids is 1. The summed E-state index contributed by atoms with van der Waals surface area (Å²) in [7, 11) is -3.52. The lowest BCUT2D eigenvalue weighted by molar-refractivity contribution is 0.0702. The van der Waals surface area contributed by atoms with E-state index in [-0.39, 0.29) is 5.91 Å². The maximum Gasteiger partial charge on any atom is 0.264 e. The van der Waals surface area contributed by atoms with Gasteiger partial charge in [-0.05, 0) is 47.0 Å². The molecule has 0 N–H and O–H groups in total. The fourth-order valence-corrected chi connectivity index (χ4v) is 5.63. The zero-order chi connectivity index (χ0) is 19.6. The van der Waals surface area contributed by atoms with Crippen molar-refractivity contribution in [3.63, 3.8) is 0 Å². The van der Waals surface area contributed by atoms with E-state index in [9.17, 15) is 13.2 Å². The molecule has 0 bridgehead atoms. The molecule has 146 valence electrons. The number of hydrogen-bond acceptors (Lipinski definition) is 4. The summed E-state index contributed by atoms with van der Waals surface area (Å²) in [5.74, 6) is 0.377. The van der Waals surface area contributed by atoms with E-state index in [0.29, 0.717) is 37.0 Å². The van der Waals surface area contributed by atoms with Crippen molar-refractivity contribution < 1.29 is 13.2 Å². The topological polar surface area (TPSA) is 57.7 Å². The summed E-state index contributed by atoms with van der Waals surface area (Å²) >= 11 is 1.46. The normalized spacial score (nSPS) is 16.1. The van der Waals surface area contributed by atoms with Gasteiger partial charge in [-0.3, -0.25) is 4.79 Å². The Hall–Kier alpha value is -1.70. The van der Waals surface area contributed by atoms with Crippen molar-refractivity contribution >= 4 is 27.3 Å². The predicted octanol–water partition coefficient (Wildman–Crippen LogP) is 3.58. The van der Waals surface area contributed by atoms with Crippen LogP contribution in [0.2, 0.25) is 0 Å². The lowest BCUT2D eigenvalue weighted by atomic mass is 10.0. The summed E-state index contributed by atoms with van der Waals surface area (Å²) in [6, 6.07) is 9.10. The highest BCUT2D eigenvalue weighted by atomic mass is 32.2. The molecule has 0 atom stereocenters. The molecule has 3 rings (SSSR count). The molecular weight excluding hydrogens is 380 g/mol. The molecule has 0 radical (unpaired) electrons. The molecule has 1 fully saturated rings. The van der Waals surface area contributed by atoms with E-state index in [0.717, 1.165) is 22.4 Å². The Morgan fingerprint density at radius 1 is 1.07 bits per heavy atom. The average molecular weight is 407 g/mol. The van der Waals surface area contributed by atoms with E-state index in [1.807, 2.05) is 30.5 Å². The van der Waals surface area contributed by atoms with Crippen molar-refractivity contribution in [2.24, 2.45) is 0 Å². The van der Waals surface area contributed by atoms with E-state index in [2.05, 4.69) is 13.8 Å². The summed E-state index contributed by atoms with van der Waals surface area (Å²) in [6.07, 6.45) is 0.825. The number of rotatable bonds is 5. The predicted molar refractivity (Wildman–Crippen MR) is 109 cm³/mol. The number of nitrogens with zero attached hydrogens (tertiary/aromatic N) is 2. The maximum absolute atomic E-state index is 12.9. The van der Waals surface area contributed by atoms with Crippen LogP contribution in [0.25, 0.3) is 0 Å². The zero-order valence-electron chi connectivity index (χ0n) is 16.0. The zero-order valence-corrected chi connectivity index (χ0v) is 17.6. The van der Waals surface area contributed by atoms with Crippen molar-refractivity contribution in [2.75, 3.05) is 26.2 Å². The molecule has 1 aliphatic rings.